The third kappa shape index (κ3) is 2.48. The zero-order valence-corrected chi connectivity index (χ0v) is 12.7. The summed E-state index contributed by atoms with van der Waals surface area (Å²) in [5, 5.41) is 3.80. The molecule has 0 saturated heterocycles. The van der Waals surface area contributed by atoms with E-state index in [1.807, 2.05) is 0 Å². The zero-order chi connectivity index (χ0) is 14.1. The topological polar surface area (TPSA) is 12.0 Å². The molecule has 20 heavy (non-hydrogen) atoms. The van der Waals surface area contributed by atoms with Gasteiger partial charge in [0.15, 0.2) is 0 Å². The van der Waals surface area contributed by atoms with E-state index in [9.17, 15) is 0 Å². The van der Waals surface area contributed by atoms with E-state index in [-0.39, 0.29) is 11.4 Å². The minimum Gasteiger partial charge on any atom is -0.305 e. The van der Waals surface area contributed by atoms with E-state index in [2.05, 4.69) is 61.6 Å². The van der Waals surface area contributed by atoms with Gasteiger partial charge in [-0.3, -0.25) is 0 Å². The minimum atomic E-state index is 0.150. The summed E-state index contributed by atoms with van der Waals surface area (Å²) in [5.41, 5.74) is 6.82. The molecule has 2 unspecified atom stereocenters. The predicted molar refractivity (Wildman–Crippen MR) is 85.3 cm³/mol. The number of alkyl halides is 1. The van der Waals surface area contributed by atoms with Gasteiger partial charge in [-0.1, -0.05) is 42.5 Å². The summed E-state index contributed by atoms with van der Waals surface area (Å²) < 4.78 is 0. The van der Waals surface area contributed by atoms with Crippen molar-refractivity contribution < 1.29 is 0 Å². The molecule has 0 fully saturated rings. The molecule has 2 aromatic rings. The Morgan fingerprint density at radius 1 is 1.05 bits per heavy atom. The maximum Gasteiger partial charge on any atom is 0.0571 e. The molecule has 0 aromatic heterocycles. The average Bonchev–Trinajstić information content (AvgIpc) is 2.74. The Labute approximate surface area is 126 Å². The second-order valence-electron chi connectivity index (χ2n) is 5.65. The van der Waals surface area contributed by atoms with Crippen LogP contribution in [0.3, 0.4) is 0 Å². The van der Waals surface area contributed by atoms with Crippen molar-refractivity contribution in [2.75, 3.05) is 0 Å². The molecule has 1 nitrogen and oxygen atoms in total. The quantitative estimate of drug-likeness (QED) is 0.829. The highest BCUT2D eigenvalue weighted by molar-refractivity contribution is 6.21. The molecule has 2 atom stereocenters. The van der Waals surface area contributed by atoms with Crippen LogP contribution in [0.5, 0.6) is 0 Å². The molecule has 104 valence electrons. The highest BCUT2D eigenvalue weighted by Gasteiger charge is 2.30. The van der Waals surface area contributed by atoms with E-state index in [0.717, 1.165) is 13.0 Å². The number of fused-ring (bicyclic) bond motifs is 1. The first-order chi connectivity index (χ1) is 9.66. The van der Waals surface area contributed by atoms with Crippen LogP contribution in [0.15, 0.2) is 42.5 Å². The fourth-order valence-corrected chi connectivity index (χ4v) is 3.51. The van der Waals surface area contributed by atoms with Crippen LogP contribution in [0.2, 0.25) is 0 Å². The number of rotatable bonds is 3. The maximum atomic E-state index is 6.53. The lowest BCUT2D eigenvalue weighted by atomic mass is 10.0. The van der Waals surface area contributed by atoms with Crippen LogP contribution in [-0.4, -0.2) is 5.38 Å². The van der Waals surface area contributed by atoms with Crippen LogP contribution in [0, 0.1) is 13.8 Å². The molecular formula is C18H20ClN. The molecule has 0 aliphatic heterocycles. The van der Waals surface area contributed by atoms with Crippen molar-refractivity contribution in [2.45, 2.75) is 38.2 Å². The number of aryl methyl sites for hydroxylation is 2. The number of hydrogen-bond acceptors (Lipinski definition) is 1. The van der Waals surface area contributed by atoms with Crippen LogP contribution in [0.1, 0.15) is 33.9 Å². The van der Waals surface area contributed by atoms with Gasteiger partial charge in [0.1, 0.15) is 0 Å². The third-order valence-corrected chi connectivity index (χ3v) is 4.72. The van der Waals surface area contributed by atoms with Crippen molar-refractivity contribution in [1.29, 1.82) is 0 Å². The molecule has 0 spiro atoms. The summed E-state index contributed by atoms with van der Waals surface area (Å²) in [6.45, 7) is 5.22. The Kier molecular flexibility index (Phi) is 3.82. The fraction of sp³-hybridized carbons (Fsp3) is 0.333. The van der Waals surface area contributed by atoms with Crippen LogP contribution < -0.4 is 5.32 Å². The van der Waals surface area contributed by atoms with Crippen molar-refractivity contribution in [1.82, 2.24) is 5.32 Å². The first-order valence-electron chi connectivity index (χ1n) is 7.17. The molecule has 0 amide bonds. The monoisotopic (exact) mass is 285 g/mol. The van der Waals surface area contributed by atoms with Gasteiger partial charge in [0.05, 0.1) is 5.38 Å². The lowest BCUT2D eigenvalue weighted by Crippen LogP contribution is -2.26. The first-order valence-corrected chi connectivity index (χ1v) is 7.61. The number of hydrogen-bond donors (Lipinski definition) is 1. The van der Waals surface area contributed by atoms with E-state index in [4.69, 9.17) is 11.6 Å². The van der Waals surface area contributed by atoms with Crippen molar-refractivity contribution >= 4 is 11.6 Å². The Bertz CT molecular complexity index is 600. The second-order valence-corrected chi connectivity index (χ2v) is 6.21. The predicted octanol–water partition coefficient (Wildman–Crippen LogP) is 4.30. The zero-order valence-electron chi connectivity index (χ0n) is 12.0. The smallest absolute Gasteiger partial charge is 0.0571 e. The molecule has 1 aliphatic rings. The van der Waals surface area contributed by atoms with Crippen LogP contribution in [0.25, 0.3) is 0 Å². The van der Waals surface area contributed by atoms with E-state index in [0.29, 0.717) is 0 Å². The molecule has 0 bridgehead atoms. The van der Waals surface area contributed by atoms with Crippen molar-refractivity contribution in [3.8, 4) is 0 Å². The van der Waals surface area contributed by atoms with Crippen LogP contribution in [-0.2, 0) is 13.0 Å². The Hall–Kier alpha value is -1.31. The average molecular weight is 286 g/mol. The SMILES string of the molecule is Cc1cccc(C)c1CNC1c2ccccc2CC1Cl. The van der Waals surface area contributed by atoms with E-state index < -0.39 is 0 Å². The van der Waals surface area contributed by atoms with Crippen LogP contribution >= 0.6 is 11.6 Å². The Morgan fingerprint density at radius 2 is 1.75 bits per heavy atom. The lowest BCUT2D eigenvalue weighted by Gasteiger charge is -2.19. The summed E-state index contributed by atoms with van der Waals surface area (Å²) in [6, 6.07) is 15.3. The molecule has 1 aliphatic carbocycles. The summed E-state index contributed by atoms with van der Waals surface area (Å²) in [6.07, 6.45) is 0.960. The maximum absolute atomic E-state index is 6.53. The Morgan fingerprint density at radius 3 is 2.50 bits per heavy atom. The fourth-order valence-electron chi connectivity index (χ4n) is 3.12. The van der Waals surface area contributed by atoms with Gasteiger partial charge in [0.25, 0.3) is 0 Å². The normalized spacial score (nSPS) is 20.9. The van der Waals surface area contributed by atoms with E-state index in [1.54, 1.807) is 0 Å². The van der Waals surface area contributed by atoms with Crippen molar-refractivity contribution in [3.63, 3.8) is 0 Å². The van der Waals surface area contributed by atoms with Gasteiger partial charge in [-0.15, -0.1) is 11.6 Å². The summed E-state index contributed by atoms with van der Waals surface area (Å²) in [7, 11) is 0. The molecule has 2 aromatic carbocycles. The number of halogens is 1. The molecule has 3 rings (SSSR count). The minimum absolute atomic E-state index is 0.150. The van der Waals surface area contributed by atoms with Gasteiger partial charge < -0.3 is 5.32 Å². The van der Waals surface area contributed by atoms with Crippen molar-refractivity contribution in [2.24, 2.45) is 0 Å². The summed E-state index contributed by atoms with van der Waals surface area (Å²) in [5.74, 6) is 0. The van der Waals surface area contributed by atoms with Crippen molar-refractivity contribution in [3.05, 3.63) is 70.3 Å². The highest BCUT2D eigenvalue weighted by Crippen LogP contribution is 2.35. The molecular weight excluding hydrogens is 266 g/mol. The van der Waals surface area contributed by atoms with Gasteiger partial charge in [-0.25, -0.2) is 0 Å². The summed E-state index contributed by atoms with van der Waals surface area (Å²) >= 11 is 6.53. The van der Waals surface area contributed by atoms with Gasteiger partial charge in [0, 0.05) is 12.6 Å². The molecule has 2 heteroatoms. The molecule has 1 N–H and O–H groups in total. The number of benzene rings is 2. The Balaban J connectivity index is 1.79. The van der Waals surface area contributed by atoms with Gasteiger partial charge in [0.2, 0.25) is 0 Å². The molecule has 0 saturated carbocycles. The lowest BCUT2D eigenvalue weighted by molar-refractivity contribution is 0.534. The first kappa shape index (κ1) is 13.7. The largest absolute Gasteiger partial charge is 0.305 e. The van der Waals surface area contributed by atoms with Gasteiger partial charge in [-0.2, -0.15) is 0 Å². The second kappa shape index (κ2) is 5.59. The standard InChI is InChI=1S/C18H20ClN/c1-12-6-5-7-13(2)16(12)11-20-18-15-9-4-3-8-14(15)10-17(18)19/h3-9,17-18,20H,10-11H2,1-2H3. The molecule has 0 heterocycles. The van der Waals surface area contributed by atoms with E-state index in [1.165, 1.54) is 27.8 Å². The van der Waals surface area contributed by atoms with Gasteiger partial charge in [-0.05, 0) is 48.1 Å². The van der Waals surface area contributed by atoms with E-state index >= 15 is 0 Å². The third-order valence-electron chi connectivity index (χ3n) is 4.31. The van der Waals surface area contributed by atoms with Crippen LogP contribution in [0.4, 0.5) is 0 Å². The number of nitrogens with one attached hydrogen (secondary N) is 1. The van der Waals surface area contributed by atoms with Gasteiger partial charge >= 0.3 is 0 Å². The highest BCUT2D eigenvalue weighted by atomic mass is 35.5. The summed E-state index contributed by atoms with van der Waals surface area (Å²) in [4.78, 5) is 0. The molecule has 0 radical (unpaired) electrons.